The van der Waals surface area contributed by atoms with Gasteiger partial charge in [0.1, 0.15) is 0 Å². The van der Waals surface area contributed by atoms with E-state index in [-0.39, 0.29) is 35.8 Å². The third-order valence-electron chi connectivity index (χ3n) is 5.75. The van der Waals surface area contributed by atoms with E-state index in [0.29, 0.717) is 19.1 Å². The molecule has 0 aromatic carbocycles. The van der Waals surface area contributed by atoms with E-state index < -0.39 is 10.0 Å². The summed E-state index contributed by atoms with van der Waals surface area (Å²) in [6.07, 6.45) is 1.65. The van der Waals surface area contributed by atoms with Crippen LogP contribution in [0.1, 0.15) is 26.7 Å². The SMILES string of the molecule is CCNC(=NCC1CN2CCN1CC2)NC1CCN(S(=O)(=O)CC)CC1.I. The third kappa shape index (κ3) is 6.15. The Hall–Kier alpha value is -0.170. The predicted octanol–water partition coefficient (Wildman–Crippen LogP) is -0.0266. The van der Waals surface area contributed by atoms with Gasteiger partial charge >= 0.3 is 0 Å². The predicted molar refractivity (Wildman–Crippen MR) is 120 cm³/mol. The van der Waals surface area contributed by atoms with Gasteiger partial charge in [-0.1, -0.05) is 0 Å². The molecule has 4 fully saturated rings. The topological polar surface area (TPSA) is 80.3 Å². The van der Waals surface area contributed by atoms with Crippen molar-refractivity contribution in [3.05, 3.63) is 0 Å². The zero-order valence-corrected chi connectivity index (χ0v) is 19.7. The summed E-state index contributed by atoms with van der Waals surface area (Å²) < 4.78 is 25.6. The van der Waals surface area contributed by atoms with Crippen molar-refractivity contribution in [1.29, 1.82) is 0 Å². The fourth-order valence-electron chi connectivity index (χ4n) is 4.07. The maximum atomic E-state index is 12.0. The number of sulfonamides is 1. The number of nitrogens with one attached hydrogen (secondary N) is 2. The van der Waals surface area contributed by atoms with Gasteiger partial charge in [0, 0.05) is 64.4 Å². The lowest BCUT2D eigenvalue weighted by molar-refractivity contribution is 0.0174. The first-order valence-corrected chi connectivity index (χ1v) is 11.6. The first-order valence-electron chi connectivity index (χ1n) is 10.0. The Kier molecular flexibility index (Phi) is 9.04. The number of aliphatic imine (C=N–C) groups is 1. The second kappa shape index (κ2) is 10.6. The van der Waals surface area contributed by atoms with Crippen LogP contribution in [0.25, 0.3) is 0 Å². The molecule has 27 heavy (non-hydrogen) atoms. The number of hydrogen-bond donors (Lipinski definition) is 2. The largest absolute Gasteiger partial charge is 0.357 e. The number of fused-ring (bicyclic) bond motifs is 3. The second-order valence-electron chi connectivity index (χ2n) is 7.43. The molecule has 2 bridgehead atoms. The van der Waals surface area contributed by atoms with Gasteiger partial charge in [-0.2, -0.15) is 0 Å². The summed E-state index contributed by atoms with van der Waals surface area (Å²) in [5.41, 5.74) is 0. The molecule has 0 spiro atoms. The van der Waals surface area contributed by atoms with Gasteiger partial charge in [0.15, 0.2) is 5.96 Å². The van der Waals surface area contributed by atoms with Crippen LogP contribution >= 0.6 is 24.0 Å². The van der Waals surface area contributed by atoms with Gasteiger partial charge < -0.3 is 10.6 Å². The van der Waals surface area contributed by atoms with Crippen molar-refractivity contribution in [2.75, 3.05) is 64.7 Å². The van der Waals surface area contributed by atoms with Crippen molar-refractivity contribution in [2.24, 2.45) is 4.99 Å². The van der Waals surface area contributed by atoms with E-state index >= 15 is 0 Å². The highest BCUT2D eigenvalue weighted by atomic mass is 127. The Bertz CT molecular complexity index is 586. The number of piperazine rings is 3. The van der Waals surface area contributed by atoms with Crippen molar-refractivity contribution in [2.45, 2.75) is 38.8 Å². The molecule has 4 saturated heterocycles. The van der Waals surface area contributed by atoms with E-state index in [1.165, 1.54) is 13.1 Å². The molecule has 0 radical (unpaired) electrons. The van der Waals surface area contributed by atoms with Gasteiger partial charge in [-0.15, -0.1) is 24.0 Å². The Morgan fingerprint density at radius 3 is 2.26 bits per heavy atom. The lowest BCUT2D eigenvalue weighted by Gasteiger charge is -2.47. The summed E-state index contributed by atoms with van der Waals surface area (Å²) in [7, 11) is -3.06. The lowest BCUT2D eigenvalue weighted by Crippen LogP contribution is -2.62. The molecule has 4 rings (SSSR count). The van der Waals surface area contributed by atoms with Crippen LogP contribution in [-0.2, 0) is 10.0 Å². The van der Waals surface area contributed by atoms with E-state index in [9.17, 15) is 8.42 Å². The zero-order valence-electron chi connectivity index (χ0n) is 16.6. The summed E-state index contributed by atoms with van der Waals surface area (Å²) in [6, 6.07) is 0.799. The number of nitrogens with zero attached hydrogens (tertiary/aromatic N) is 4. The standard InChI is InChI=1S/C17H34N6O2S.HI/c1-3-18-17(19-13-16-14-21-9-11-22(16)12-10-21)20-15-5-7-23(8-6-15)26(24,25)4-2;/h15-16H,3-14H2,1-2H3,(H2,18,19,20);1H. The molecule has 4 heterocycles. The first kappa shape index (κ1) is 23.1. The van der Waals surface area contributed by atoms with Crippen molar-refractivity contribution < 1.29 is 8.42 Å². The maximum Gasteiger partial charge on any atom is 0.213 e. The summed E-state index contributed by atoms with van der Waals surface area (Å²) in [4.78, 5) is 9.92. The number of rotatable bonds is 6. The molecule has 2 N–H and O–H groups in total. The van der Waals surface area contributed by atoms with Crippen molar-refractivity contribution in [3.8, 4) is 0 Å². The minimum Gasteiger partial charge on any atom is -0.357 e. The minimum absolute atomic E-state index is 0. The normalized spacial score (nSPS) is 30.0. The molecule has 0 amide bonds. The second-order valence-corrected chi connectivity index (χ2v) is 9.69. The zero-order chi connectivity index (χ0) is 18.6. The van der Waals surface area contributed by atoms with Gasteiger partial charge in [0.05, 0.1) is 12.3 Å². The summed E-state index contributed by atoms with van der Waals surface area (Å²) >= 11 is 0. The van der Waals surface area contributed by atoms with Crippen LogP contribution in [0.4, 0.5) is 0 Å². The van der Waals surface area contributed by atoms with E-state index in [2.05, 4.69) is 27.4 Å². The molecule has 1 atom stereocenters. The number of piperidine rings is 1. The van der Waals surface area contributed by atoms with E-state index in [1.807, 2.05) is 0 Å². The van der Waals surface area contributed by atoms with Crippen LogP contribution in [0.5, 0.6) is 0 Å². The van der Waals surface area contributed by atoms with Crippen molar-refractivity contribution >= 4 is 40.0 Å². The molecular formula is C17H35IN6O2S. The molecule has 0 aromatic heterocycles. The van der Waals surface area contributed by atoms with Gasteiger partial charge in [-0.05, 0) is 26.7 Å². The number of halogens is 1. The van der Waals surface area contributed by atoms with Crippen LogP contribution in [0.3, 0.4) is 0 Å². The Balaban J connectivity index is 0.00000261. The van der Waals surface area contributed by atoms with Crippen LogP contribution in [-0.4, -0.2) is 105 Å². The third-order valence-corrected chi connectivity index (χ3v) is 7.63. The van der Waals surface area contributed by atoms with Gasteiger partial charge in [-0.3, -0.25) is 14.8 Å². The van der Waals surface area contributed by atoms with E-state index in [4.69, 9.17) is 4.99 Å². The minimum atomic E-state index is -3.06. The quantitative estimate of drug-likeness (QED) is 0.295. The summed E-state index contributed by atoms with van der Waals surface area (Å²) in [6.45, 7) is 12.4. The van der Waals surface area contributed by atoms with E-state index in [1.54, 1.807) is 11.2 Å². The molecule has 158 valence electrons. The molecule has 8 nitrogen and oxygen atoms in total. The number of hydrogen-bond acceptors (Lipinski definition) is 5. The fraction of sp³-hybridized carbons (Fsp3) is 0.941. The van der Waals surface area contributed by atoms with Crippen LogP contribution in [0.2, 0.25) is 0 Å². The fourth-order valence-corrected chi connectivity index (χ4v) is 5.20. The van der Waals surface area contributed by atoms with Gasteiger partial charge in [-0.25, -0.2) is 12.7 Å². The maximum absolute atomic E-state index is 12.0. The molecule has 0 saturated carbocycles. The molecule has 10 heteroatoms. The Labute approximate surface area is 181 Å². The van der Waals surface area contributed by atoms with Gasteiger partial charge in [0.25, 0.3) is 0 Å². The van der Waals surface area contributed by atoms with Crippen LogP contribution < -0.4 is 10.6 Å². The molecule has 4 aliphatic rings. The number of guanidine groups is 1. The Morgan fingerprint density at radius 1 is 1.07 bits per heavy atom. The van der Waals surface area contributed by atoms with Crippen molar-refractivity contribution in [3.63, 3.8) is 0 Å². The summed E-state index contributed by atoms with van der Waals surface area (Å²) in [5.74, 6) is 1.05. The molecule has 4 aliphatic heterocycles. The molecule has 1 unspecified atom stereocenters. The average molecular weight is 514 g/mol. The van der Waals surface area contributed by atoms with Crippen LogP contribution in [0, 0.1) is 0 Å². The highest BCUT2D eigenvalue weighted by Crippen LogP contribution is 2.16. The van der Waals surface area contributed by atoms with Gasteiger partial charge in [0.2, 0.25) is 10.0 Å². The van der Waals surface area contributed by atoms with E-state index in [0.717, 1.165) is 51.5 Å². The average Bonchev–Trinajstić information content (AvgIpc) is 2.67. The van der Waals surface area contributed by atoms with Crippen LogP contribution in [0.15, 0.2) is 4.99 Å². The Morgan fingerprint density at radius 2 is 1.74 bits per heavy atom. The smallest absolute Gasteiger partial charge is 0.213 e. The van der Waals surface area contributed by atoms with Crippen molar-refractivity contribution in [1.82, 2.24) is 24.7 Å². The molecule has 0 aromatic rings. The molecule has 0 aliphatic carbocycles. The first-order chi connectivity index (χ1) is 12.5. The lowest BCUT2D eigenvalue weighted by atomic mass is 10.1. The highest BCUT2D eigenvalue weighted by molar-refractivity contribution is 14.0. The highest BCUT2D eigenvalue weighted by Gasteiger charge is 2.32. The molecular weight excluding hydrogens is 479 g/mol. The summed E-state index contributed by atoms with van der Waals surface area (Å²) in [5, 5.41) is 6.86. The monoisotopic (exact) mass is 514 g/mol.